The molecule has 3 atom stereocenters. The predicted molar refractivity (Wildman–Crippen MR) is 114 cm³/mol. The van der Waals surface area contributed by atoms with Crippen molar-refractivity contribution in [1.29, 1.82) is 0 Å². The topological polar surface area (TPSA) is 62.3 Å². The van der Waals surface area contributed by atoms with Gasteiger partial charge >= 0.3 is 0 Å². The van der Waals surface area contributed by atoms with Gasteiger partial charge in [-0.2, -0.15) is 0 Å². The molecule has 5 nitrogen and oxygen atoms in total. The van der Waals surface area contributed by atoms with Crippen molar-refractivity contribution in [2.24, 2.45) is 11.8 Å². The average Bonchev–Trinajstić information content (AvgIpc) is 3.23. The minimum Gasteiger partial charge on any atom is -0.347 e. The molecule has 1 saturated heterocycles. The van der Waals surface area contributed by atoms with Gasteiger partial charge in [-0.3, -0.25) is 14.6 Å². The zero-order chi connectivity index (χ0) is 20.8. The summed E-state index contributed by atoms with van der Waals surface area (Å²) in [7, 11) is 0. The standard InChI is InChI=1S/C24H31N3O2/c1-17(2)18(3)24(29)27-15-9-13-22(27)23(28)26-21(19-10-5-4-6-11-19)16-20-12-7-8-14-25-20/h4-8,10-12,14,17-18,21-22H,9,13,15-16H2,1-3H3,(H,26,28)/t18-,21-,22-/m0/s1. The number of nitrogens with zero attached hydrogens (tertiary/aromatic N) is 2. The highest BCUT2D eigenvalue weighted by Gasteiger charge is 2.37. The van der Waals surface area contributed by atoms with Crippen LogP contribution in [0, 0.1) is 11.8 Å². The molecule has 1 fully saturated rings. The van der Waals surface area contributed by atoms with Crippen LogP contribution >= 0.6 is 0 Å². The van der Waals surface area contributed by atoms with Crippen molar-refractivity contribution in [3.63, 3.8) is 0 Å². The van der Waals surface area contributed by atoms with Crippen LogP contribution in [0.4, 0.5) is 0 Å². The fourth-order valence-electron chi connectivity index (χ4n) is 3.78. The molecule has 2 aromatic rings. The molecule has 5 heteroatoms. The van der Waals surface area contributed by atoms with E-state index in [2.05, 4.69) is 10.3 Å². The lowest BCUT2D eigenvalue weighted by Crippen LogP contribution is -2.49. The summed E-state index contributed by atoms with van der Waals surface area (Å²) in [5, 5.41) is 3.20. The molecule has 0 aliphatic carbocycles. The lowest BCUT2D eigenvalue weighted by atomic mass is 9.96. The van der Waals surface area contributed by atoms with Crippen molar-refractivity contribution in [3.8, 4) is 0 Å². The SMILES string of the molecule is CC(C)[C@H](C)C(=O)N1CCC[C@H]1C(=O)N[C@@H](Cc1ccccn1)c1ccccc1. The number of nitrogens with one attached hydrogen (secondary N) is 1. The maximum Gasteiger partial charge on any atom is 0.243 e. The highest BCUT2D eigenvalue weighted by Crippen LogP contribution is 2.25. The molecular formula is C24H31N3O2. The first kappa shape index (κ1) is 21.0. The van der Waals surface area contributed by atoms with Crippen molar-refractivity contribution in [3.05, 3.63) is 66.0 Å². The molecule has 2 amide bonds. The zero-order valence-corrected chi connectivity index (χ0v) is 17.5. The van der Waals surface area contributed by atoms with Gasteiger partial charge < -0.3 is 10.2 Å². The van der Waals surface area contributed by atoms with E-state index in [1.54, 1.807) is 11.1 Å². The molecule has 0 radical (unpaired) electrons. The molecule has 1 aromatic heterocycles. The maximum atomic E-state index is 13.2. The quantitative estimate of drug-likeness (QED) is 0.779. The third-order valence-electron chi connectivity index (χ3n) is 5.89. The number of benzene rings is 1. The van der Waals surface area contributed by atoms with Gasteiger partial charge in [0.15, 0.2) is 0 Å². The van der Waals surface area contributed by atoms with Gasteiger partial charge in [0.25, 0.3) is 0 Å². The van der Waals surface area contributed by atoms with Crippen molar-refractivity contribution < 1.29 is 9.59 Å². The highest BCUT2D eigenvalue weighted by molar-refractivity contribution is 5.89. The van der Waals surface area contributed by atoms with Crippen LogP contribution in [0.15, 0.2) is 54.7 Å². The van der Waals surface area contributed by atoms with E-state index in [9.17, 15) is 9.59 Å². The fourth-order valence-corrected chi connectivity index (χ4v) is 3.78. The zero-order valence-electron chi connectivity index (χ0n) is 17.5. The second-order valence-corrected chi connectivity index (χ2v) is 8.22. The number of carbonyl (C=O) groups is 2. The normalized spacial score (nSPS) is 18.5. The fraction of sp³-hybridized carbons (Fsp3) is 0.458. The van der Waals surface area contributed by atoms with E-state index >= 15 is 0 Å². The summed E-state index contributed by atoms with van der Waals surface area (Å²) in [6, 6.07) is 15.2. The Bertz CT molecular complexity index is 807. The Morgan fingerprint density at radius 2 is 1.83 bits per heavy atom. The number of amides is 2. The maximum absolute atomic E-state index is 13.2. The van der Waals surface area contributed by atoms with Crippen LogP contribution in [-0.4, -0.2) is 34.3 Å². The van der Waals surface area contributed by atoms with E-state index in [-0.39, 0.29) is 29.7 Å². The molecule has 1 N–H and O–H groups in total. The molecular weight excluding hydrogens is 362 g/mol. The Labute approximate surface area is 173 Å². The van der Waals surface area contributed by atoms with Crippen LogP contribution in [0.25, 0.3) is 0 Å². The van der Waals surface area contributed by atoms with Crippen LogP contribution in [0.1, 0.15) is 50.9 Å². The Balaban J connectivity index is 1.76. The molecule has 1 aliphatic heterocycles. The van der Waals surface area contributed by atoms with E-state index < -0.39 is 6.04 Å². The van der Waals surface area contributed by atoms with Gasteiger partial charge in [-0.05, 0) is 36.5 Å². The van der Waals surface area contributed by atoms with Crippen LogP contribution < -0.4 is 5.32 Å². The van der Waals surface area contributed by atoms with E-state index in [0.717, 1.165) is 17.7 Å². The summed E-state index contributed by atoms with van der Waals surface area (Å²) in [5.74, 6) is 0.185. The molecule has 2 heterocycles. The van der Waals surface area contributed by atoms with Crippen molar-refractivity contribution in [1.82, 2.24) is 15.2 Å². The molecule has 0 bridgehead atoms. The molecule has 3 rings (SSSR count). The number of hydrogen-bond acceptors (Lipinski definition) is 3. The minimum absolute atomic E-state index is 0.0726. The van der Waals surface area contributed by atoms with E-state index in [1.165, 1.54) is 0 Å². The second kappa shape index (κ2) is 9.68. The largest absolute Gasteiger partial charge is 0.347 e. The lowest BCUT2D eigenvalue weighted by molar-refractivity contribution is -0.142. The highest BCUT2D eigenvalue weighted by atomic mass is 16.2. The second-order valence-electron chi connectivity index (χ2n) is 8.22. The van der Waals surface area contributed by atoms with E-state index in [1.807, 2.05) is 69.3 Å². The van der Waals surface area contributed by atoms with Crippen LogP contribution in [0.2, 0.25) is 0 Å². The Morgan fingerprint density at radius 1 is 1.10 bits per heavy atom. The number of aromatic nitrogens is 1. The number of carbonyl (C=O) groups excluding carboxylic acids is 2. The number of rotatable bonds is 7. The summed E-state index contributed by atoms with van der Waals surface area (Å²) in [5.41, 5.74) is 1.97. The number of pyridine rings is 1. The minimum atomic E-state index is -0.390. The van der Waals surface area contributed by atoms with Gasteiger partial charge in [-0.15, -0.1) is 0 Å². The van der Waals surface area contributed by atoms with Gasteiger partial charge in [0, 0.05) is 30.8 Å². The average molecular weight is 394 g/mol. The molecule has 0 spiro atoms. The van der Waals surface area contributed by atoms with Gasteiger partial charge in [-0.25, -0.2) is 0 Å². The summed E-state index contributed by atoms with van der Waals surface area (Å²) in [6.07, 6.45) is 3.96. The van der Waals surface area contributed by atoms with E-state index in [0.29, 0.717) is 19.4 Å². The van der Waals surface area contributed by atoms with Crippen LogP contribution in [-0.2, 0) is 16.0 Å². The molecule has 0 unspecified atom stereocenters. The first-order valence-corrected chi connectivity index (χ1v) is 10.5. The Hall–Kier alpha value is -2.69. The van der Waals surface area contributed by atoms with Crippen LogP contribution in [0.3, 0.4) is 0 Å². The van der Waals surface area contributed by atoms with Gasteiger partial charge in [0.2, 0.25) is 11.8 Å². The first-order valence-electron chi connectivity index (χ1n) is 10.5. The predicted octanol–water partition coefficient (Wildman–Crippen LogP) is 3.76. The van der Waals surface area contributed by atoms with Crippen molar-refractivity contribution >= 4 is 11.8 Å². The van der Waals surface area contributed by atoms with Gasteiger partial charge in [0.1, 0.15) is 6.04 Å². The third-order valence-corrected chi connectivity index (χ3v) is 5.89. The summed E-state index contributed by atoms with van der Waals surface area (Å²) in [4.78, 5) is 32.3. The monoisotopic (exact) mass is 393 g/mol. The van der Waals surface area contributed by atoms with E-state index in [4.69, 9.17) is 0 Å². The van der Waals surface area contributed by atoms with Gasteiger partial charge in [-0.1, -0.05) is 57.2 Å². The summed E-state index contributed by atoms with van der Waals surface area (Å²) in [6.45, 7) is 6.70. The molecule has 1 aromatic carbocycles. The first-order chi connectivity index (χ1) is 14.0. The van der Waals surface area contributed by atoms with Crippen molar-refractivity contribution in [2.75, 3.05) is 6.54 Å². The Morgan fingerprint density at radius 3 is 2.48 bits per heavy atom. The smallest absolute Gasteiger partial charge is 0.243 e. The number of hydrogen-bond donors (Lipinski definition) is 1. The van der Waals surface area contributed by atoms with Crippen molar-refractivity contribution in [2.45, 2.75) is 52.1 Å². The molecule has 1 aliphatic rings. The molecule has 154 valence electrons. The number of likely N-dealkylation sites (tertiary alicyclic amines) is 1. The van der Waals surface area contributed by atoms with Crippen LogP contribution in [0.5, 0.6) is 0 Å². The Kier molecular flexibility index (Phi) is 7.02. The summed E-state index contributed by atoms with van der Waals surface area (Å²) < 4.78 is 0. The molecule has 0 saturated carbocycles. The van der Waals surface area contributed by atoms with Gasteiger partial charge in [0.05, 0.1) is 6.04 Å². The summed E-state index contributed by atoms with van der Waals surface area (Å²) >= 11 is 0. The lowest BCUT2D eigenvalue weighted by Gasteiger charge is -2.29. The third kappa shape index (κ3) is 5.22. The molecule has 29 heavy (non-hydrogen) atoms.